The number of anilines is 1. The second-order valence-electron chi connectivity index (χ2n) is 10.3. The number of para-hydroxylation sites is 2. The number of nitrogens with one attached hydrogen (secondary N) is 1. The van der Waals surface area contributed by atoms with Crippen LogP contribution < -0.4 is 10.1 Å². The van der Waals surface area contributed by atoms with Crippen LogP contribution in [0.1, 0.15) is 73.1 Å². The molecule has 4 atom stereocenters. The fourth-order valence-electron chi connectivity index (χ4n) is 6.05. The Morgan fingerprint density at radius 1 is 1.12 bits per heavy atom. The zero-order valence-electron chi connectivity index (χ0n) is 20.9. The molecule has 0 aliphatic heterocycles. The summed E-state index contributed by atoms with van der Waals surface area (Å²) < 4.78 is 12.1. The van der Waals surface area contributed by atoms with E-state index >= 15 is 0 Å². The van der Waals surface area contributed by atoms with E-state index in [9.17, 15) is 4.79 Å². The van der Waals surface area contributed by atoms with Gasteiger partial charge in [-0.1, -0.05) is 59.6 Å². The van der Waals surface area contributed by atoms with Gasteiger partial charge in [0.15, 0.2) is 0 Å². The largest absolute Gasteiger partial charge is 0.491 e. The van der Waals surface area contributed by atoms with Crippen LogP contribution in [0.15, 0.2) is 24.3 Å². The number of fused-ring (bicyclic) bond motifs is 3. The van der Waals surface area contributed by atoms with Crippen LogP contribution in [-0.2, 0) is 4.74 Å². The van der Waals surface area contributed by atoms with E-state index < -0.39 is 0 Å². The van der Waals surface area contributed by atoms with E-state index in [1.54, 1.807) is 0 Å². The summed E-state index contributed by atoms with van der Waals surface area (Å²) >= 11 is 0. The number of carbonyl (C=O) groups excluding carboxylic acids is 1. The third kappa shape index (κ3) is 5.98. The summed E-state index contributed by atoms with van der Waals surface area (Å²) in [5.41, 5.74) is 1.01. The number of amides is 1. The van der Waals surface area contributed by atoms with Gasteiger partial charge in [0.25, 0.3) is 0 Å². The summed E-state index contributed by atoms with van der Waals surface area (Å²) in [5, 5.41) is 2.98. The first-order valence-electron chi connectivity index (χ1n) is 12.8. The lowest BCUT2D eigenvalue weighted by Crippen LogP contribution is -2.56. The number of hydrogen-bond donors (Lipinski definition) is 1. The minimum Gasteiger partial charge on any atom is -0.491 e. The lowest BCUT2D eigenvalue weighted by Gasteiger charge is -2.56. The van der Waals surface area contributed by atoms with Crippen molar-refractivity contribution in [3.8, 4) is 5.75 Å². The highest BCUT2D eigenvalue weighted by Gasteiger charge is 2.53. The average molecular weight is 445 g/mol. The van der Waals surface area contributed by atoms with Crippen LogP contribution in [0.5, 0.6) is 5.75 Å². The maximum atomic E-state index is 13.0. The molecule has 3 aliphatic rings. The number of hydrogen-bond acceptors (Lipinski definition) is 4. The Bertz CT molecular complexity index is 731. The van der Waals surface area contributed by atoms with Crippen molar-refractivity contribution in [2.45, 2.75) is 79.2 Å². The van der Waals surface area contributed by atoms with Crippen LogP contribution in [0.25, 0.3) is 0 Å². The van der Waals surface area contributed by atoms with Gasteiger partial charge in [-0.3, -0.25) is 5.32 Å². The molecule has 0 aromatic heterocycles. The van der Waals surface area contributed by atoms with Crippen LogP contribution in [0, 0.1) is 23.2 Å². The molecule has 1 aromatic rings. The van der Waals surface area contributed by atoms with Crippen LogP contribution >= 0.6 is 0 Å². The lowest BCUT2D eigenvalue weighted by molar-refractivity contribution is -0.124. The fraction of sp³-hybridized carbons (Fsp3) is 0.741. The third-order valence-electron chi connectivity index (χ3n) is 7.78. The van der Waals surface area contributed by atoms with Gasteiger partial charge in [0.2, 0.25) is 0 Å². The number of carbonyl (C=O) groups is 1. The summed E-state index contributed by atoms with van der Waals surface area (Å²) in [6.07, 6.45) is 6.51. The van der Waals surface area contributed by atoms with Gasteiger partial charge in [0.1, 0.15) is 11.9 Å². The predicted molar refractivity (Wildman–Crippen MR) is 131 cm³/mol. The summed E-state index contributed by atoms with van der Waals surface area (Å²) in [6, 6.07) is 7.66. The molecule has 0 spiro atoms. The highest BCUT2D eigenvalue weighted by Crippen LogP contribution is 2.56. The van der Waals surface area contributed by atoms with Crippen LogP contribution in [0.2, 0.25) is 0 Å². The smallest absolute Gasteiger partial charge is 0.412 e. The first-order chi connectivity index (χ1) is 15.4. The van der Waals surface area contributed by atoms with Gasteiger partial charge in [0.05, 0.1) is 12.3 Å². The van der Waals surface area contributed by atoms with Gasteiger partial charge in [-0.2, -0.15) is 0 Å². The van der Waals surface area contributed by atoms with Crippen molar-refractivity contribution in [2.75, 3.05) is 31.6 Å². The van der Waals surface area contributed by atoms with E-state index in [1.165, 1.54) is 6.42 Å². The van der Waals surface area contributed by atoms with Gasteiger partial charge in [-0.25, -0.2) is 4.79 Å². The van der Waals surface area contributed by atoms with E-state index in [0.717, 1.165) is 51.7 Å². The zero-order valence-corrected chi connectivity index (χ0v) is 20.9. The third-order valence-corrected chi connectivity index (χ3v) is 7.78. The minimum atomic E-state index is -0.352. The molecule has 3 fully saturated rings. The van der Waals surface area contributed by atoms with Crippen molar-refractivity contribution in [3.63, 3.8) is 0 Å². The first-order valence-corrected chi connectivity index (χ1v) is 12.8. The fourth-order valence-corrected chi connectivity index (χ4v) is 6.05. The Morgan fingerprint density at radius 2 is 1.88 bits per heavy atom. The predicted octanol–water partition coefficient (Wildman–Crippen LogP) is 6.59. The SMILES string of the molecule is CCCCCOc1ccccc1NC(=O)O[C@@H]1[C@H]2CC[C@@H]([C@@H]1CN(CC)CC)C(C)(C)C2. The Labute approximate surface area is 195 Å². The molecule has 0 radical (unpaired) electrons. The average Bonchev–Trinajstić information content (AvgIpc) is 2.77. The van der Waals surface area contributed by atoms with E-state index in [4.69, 9.17) is 9.47 Å². The van der Waals surface area contributed by atoms with E-state index in [0.29, 0.717) is 41.2 Å². The molecular weight excluding hydrogens is 400 g/mol. The molecule has 2 bridgehead atoms. The number of nitrogens with zero attached hydrogens (tertiary/aromatic N) is 1. The second-order valence-corrected chi connectivity index (χ2v) is 10.3. The summed E-state index contributed by atoms with van der Waals surface area (Å²) in [4.78, 5) is 15.5. The zero-order chi connectivity index (χ0) is 23.1. The highest BCUT2D eigenvalue weighted by molar-refractivity contribution is 5.86. The minimum absolute atomic E-state index is 0.0139. The van der Waals surface area contributed by atoms with Crippen LogP contribution in [-0.4, -0.2) is 43.3 Å². The van der Waals surface area contributed by atoms with Crippen molar-refractivity contribution < 1.29 is 14.3 Å². The first kappa shape index (κ1) is 24.9. The molecule has 3 saturated carbocycles. The summed E-state index contributed by atoms with van der Waals surface area (Å²) in [7, 11) is 0. The molecule has 0 saturated heterocycles. The molecule has 5 nitrogen and oxygen atoms in total. The highest BCUT2D eigenvalue weighted by atomic mass is 16.6. The molecule has 4 rings (SSSR count). The Hall–Kier alpha value is -1.75. The topological polar surface area (TPSA) is 50.8 Å². The molecule has 32 heavy (non-hydrogen) atoms. The van der Waals surface area contributed by atoms with Crippen molar-refractivity contribution in [3.05, 3.63) is 24.3 Å². The Kier molecular flexibility index (Phi) is 8.87. The number of unbranched alkanes of at least 4 members (excludes halogenated alkanes) is 2. The molecule has 0 heterocycles. The molecule has 0 unspecified atom stereocenters. The molecular formula is C27H44N2O3. The van der Waals surface area contributed by atoms with Crippen molar-refractivity contribution in [1.29, 1.82) is 0 Å². The van der Waals surface area contributed by atoms with Gasteiger partial charge >= 0.3 is 6.09 Å². The molecule has 5 heteroatoms. The van der Waals surface area contributed by atoms with Gasteiger partial charge in [-0.05, 0) is 68.2 Å². The maximum absolute atomic E-state index is 13.0. The van der Waals surface area contributed by atoms with Gasteiger partial charge in [0, 0.05) is 12.5 Å². The van der Waals surface area contributed by atoms with Crippen LogP contribution in [0.3, 0.4) is 0 Å². The second kappa shape index (κ2) is 11.4. The number of rotatable bonds is 11. The summed E-state index contributed by atoms with van der Waals surface area (Å²) in [5.74, 6) is 2.15. The molecule has 1 aromatic carbocycles. The summed E-state index contributed by atoms with van der Waals surface area (Å²) in [6.45, 7) is 15.2. The van der Waals surface area contributed by atoms with Crippen molar-refractivity contribution in [2.24, 2.45) is 23.2 Å². The monoisotopic (exact) mass is 444 g/mol. The molecule has 1 amide bonds. The Balaban J connectivity index is 1.68. The standard InChI is InChI=1S/C27H44N2O3/c1-6-9-12-17-31-24-14-11-10-13-23(24)28-26(30)32-25-20-15-16-22(27(4,5)18-20)21(25)19-29(7-2)8-3/h10-11,13-14,20-22,25H,6-9,12,15-19H2,1-5H3,(H,28,30)/t20-,21-,22-,25+/m0/s1. The normalized spacial score (nSPS) is 26.2. The maximum Gasteiger partial charge on any atom is 0.412 e. The van der Waals surface area contributed by atoms with E-state index in [1.807, 2.05) is 24.3 Å². The van der Waals surface area contributed by atoms with Crippen molar-refractivity contribution >= 4 is 11.8 Å². The quantitative estimate of drug-likeness (QED) is 0.391. The molecule has 180 valence electrons. The van der Waals surface area contributed by atoms with E-state index in [-0.39, 0.29) is 12.2 Å². The lowest BCUT2D eigenvalue weighted by atomic mass is 9.52. The van der Waals surface area contributed by atoms with E-state index in [2.05, 4.69) is 44.8 Å². The molecule has 3 aliphatic carbocycles. The van der Waals surface area contributed by atoms with Gasteiger partial charge in [-0.15, -0.1) is 0 Å². The number of ether oxygens (including phenoxy) is 2. The van der Waals surface area contributed by atoms with Crippen molar-refractivity contribution in [1.82, 2.24) is 4.90 Å². The molecule has 1 N–H and O–H groups in total. The Morgan fingerprint density at radius 3 is 2.56 bits per heavy atom. The van der Waals surface area contributed by atoms with Gasteiger partial charge < -0.3 is 14.4 Å². The number of benzene rings is 1. The van der Waals surface area contributed by atoms with Crippen LogP contribution in [0.4, 0.5) is 10.5 Å².